The number of amides is 1. The molecule has 3 aromatic heterocycles. The van der Waals surface area contributed by atoms with Gasteiger partial charge in [0, 0.05) is 28.1 Å². The summed E-state index contributed by atoms with van der Waals surface area (Å²) in [5, 5.41) is 11.5. The molecule has 0 bridgehead atoms. The standard InChI is InChI=1S/C28H23Cl2FN4O5S/c1-13(35(28(36)37)17-5-6-22(39-4)32-11-17)14(2)40-20-10-21-26(23(30)24(20)31)34-27(41-21)19-9-16(29)7-15-8-18(38-3)12-33-25(15)19/h5-14H,1-4H3,(H,36,37)/t13-,14+/m1/s1. The molecule has 2 aromatic carbocycles. The molecule has 0 aliphatic heterocycles. The van der Waals surface area contributed by atoms with Gasteiger partial charge in [-0.3, -0.25) is 9.88 Å². The highest BCUT2D eigenvalue weighted by molar-refractivity contribution is 7.21. The minimum absolute atomic E-state index is 0.131. The summed E-state index contributed by atoms with van der Waals surface area (Å²) in [4.78, 5) is 26.4. The lowest BCUT2D eigenvalue weighted by Gasteiger charge is -2.31. The number of hydrogen-bond donors (Lipinski definition) is 1. The van der Waals surface area contributed by atoms with Crippen LogP contribution in [0.2, 0.25) is 10.0 Å². The van der Waals surface area contributed by atoms with E-state index in [-0.39, 0.29) is 16.3 Å². The van der Waals surface area contributed by atoms with E-state index in [1.165, 1.54) is 30.7 Å². The Morgan fingerprint density at radius 3 is 2.49 bits per heavy atom. The number of rotatable bonds is 8. The minimum Gasteiger partial charge on any atom is -0.495 e. The van der Waals surface area contributed by atoms with E-state index in [1.54, 1.807) is 51.4 Å². The molecule has 41 heavy (non-hydrogen) atoms. The van der Waals surface area contributed by atoms with Gasteiger partial charge in [-0.25, -0.2) is 19.2 Å². The van der Waals surface area contributed by atoms with Crippen molar-refractivity contribution in [1.82, 2.24) is 15.0 Å². The summed E-state index contributed by atoms with van der Waals surface area (Å²) in [6.07, 6.45) is 0.972. The van der Waals surface area contributed by atoms with Crippen LogP contribution in [0.15, 0.2) is 48.8 Å². The second-order valence-electron chi connectivity index (χ2n) is 9.04. The predicted octanol–water partition coefficient (Wildman–Crippen LogP) is 7.71. The van der Waals surface area contributed by atoms with Gasteiger partial charge in [0.25, 0.3) is 0 Å². The number of anilines is 1. The lowest BCUT2D eigenvalue weighted by Crippen LogP contribution is -2.46. The maximum atomic E-state index is 15.4. The molecule has 2 atom stereocenters. The van der Waals surface area contributed by atoms with E-state index in [1.807, 2.05) is 6.07 Å². The van der Waals surface area contributed by atoms with E-state index < -0.39 is 24.1 Å². The van der Waals surface area contributed by atoms with Crippen molar-refractivity contribution in [2.24, 2.45) is 0 Å². The topological polar surface area (TPSA) is 107 Å². The maximum absolute atomic E-state index is 15.4. The van der Waals surface area contributed by atoms with Crippen molar-refractivity contribution in [1.29, 1.82) is 0 Å². The first-order valence-electron chi connectivity index (χ1n) is 12.2. The minimum atomic E-state index is -1.22. The van der Waals surface area contributed by atoms with E-state index in [9.17, 15) is 9.90 Å². The molecule has 0 radical (unpaired) electrons. The molecular formula is C28H23Cl2FN4O5S. The number of hydrogen-bond acceptors (Lipinski definition) is 8. The smallest absolute Gasteiger partial charge is 0.412 e. The first kappa shape index (κ1) is 28.6. The zero-order valence-corrected chi connectivity index (χ0v) is 24.5. The van der Waals surface area contributed by atoms with Gasteiger partial charge in [0.2, 0.25) is 5.88 Å². The largest absolute Gasteiger partial charge is 0.495 e. The molecule has 1 amide bonds. The maximum Gasteiger partial charge on any atom is 0.412 e. The predicted molar refractivity (Wildman–Crippen MR) is 158 cm³/mol. The third kappa shape index (κ3) is 5.52. The van der Waals surface area contributed by atoms with Gasteiger partial charge in [-0.15, -0.1) is 11.3 Å². The average molecular weight is 617 g/mol. The zero-order valence-electron chi connectivity index (χ0n) is 22.2. The van der Waals surface area contributed by atoms with Crippen molar-refractivity contribution < 1.29 is 28.5 Å². The lowest BCUT2D eigenvalue weighted by atomic mass is 10.1. The molecule has 0 saturated carbocycles. The van der Waals surface area contributed by atoms with Gasteiger partial charge in [0.15, 0.2) is 11.6 Å². The van der Waals surface area contributed by atoms with E-state index in [0.717, 1.165) is 10.3 Å². The van der Waals surface area contributed by atoms with Gasteiger partial charge in [-0.05, 0) is 38.1 Å². The number of benzene rings is 2. The van der Waals surface area contributed by atoms with Crippen LogP contribution in [0.3, 0.4) is 0 Å². The van der Waals surface area contributed by atoms with Crippen molar-refractivity contribution in [3.8, 4) is 28.0 Å². The van der Waals surface area contributed by atoms with Gasteiger partial charge in [0.05, 0.1) is 48.6 Å². The Hall–Kier alpha value is -3.93. The average Bonchev–Trinajstić information content (AvgIpc) is 3.39. The second kappa shape index (κ2) is 11.5. The highest BCUT2D eigenvalue weighted by atomic mass is 35.5. The van der Waals surface area contributed by atoms with Crippen molar-refractivity contribution in [2.45, 2.75) is 26.0 Å². The number of nitrogens with zero attached hydrogens (tertiary/aromatic N) is 4. The Balaban J connectivity index is 1.49. The number of halogens is 3. The number of methoxy groups -OCH3 is 2. The van der Waals surface area contributed by atoms with Crippen molar-refractivity contribution in [2.75, 3.05) is 19.1 Å². The molecule has 5 aromatic rings. The Kier molecular flexibility index (Phi) is 8.03. The normalized spacial score (nSPS) is 12.8. The number of thiazole rings is 1. The highest BCUT2D eigenvalue weighted by Gasteiger charge is 2.29. The molecule has 0 fully saturated rings. The fourth-order valence-electron chi connectivity index (χ4n) is 4.31. The summed E-state index contributed by atoms with van der Waals surface area (Å²) in [5.41, 5.74) is 1.87. The number of aromatic nitrogens is 3. The number of ether oxygens (including phenoxy) is 3. The summed E-state index contributed by atoms with van der Waals surface area (Å²) in [7, 11) is 3.01. The van der Waals surface area contributed by atoms with E-state index in [4.69, 9.17) is 37.4 Å². The van der Waals surface area contributed by atoms with Gasteiger partial charge in [0.1, 0.15) is 27.4 Å². The Bertz CT molecular complexity index is 1770. The molecule has 3 heterocycles. The van der Waals surface area contributed by atoms with E-state index in [0.29, 0.717) is 43.1 Å². The monoisotopic (exact) mass is 616 g/mol. The third-order valence-corrected chi connectivity index (χ3v) is 8.13. The number of fused-ring (bicyclic) bond motifs is 2. The van der Waals surface area contributed by atoms with Crippen LogP contribution in [0.1, 0.15) is 13.8 Å². The summed E-state index contributed by atoms with van der Waals surface area (Å²) in [6.45, 7) is 3.30. The molecular weight excluding hydrogens is 594 g/mol. The molecule has 1 N–H and O–H groups in total. The quantitative estimate of drug-likeness (QED) is 0.189. The molecule has 0 aliphatic carbocycles. The third-order valence-electron chi connectivity index (χ3n) is 6.54. The summed E-state index contributed by atoms with van der Waals surface area (Å²) < 4.78 is 32.3. The second-order valence-corrected chi connectivity index (χ2v) is 10.9. The molecule has 5 rings (SSSR count). The molecule has 0 spiro atoms. The van der Waals surface area contributed by atoms with Crippen molar-refractivity contribution >= 4 is 67.4 Å². The number of pyridine rings is 2. The lowest BCUT2D eigenvalue weighted by molar-refractivity contribution is 0.167. The Morgan fingerprint density at radius 1 is 1.05 bits per heavy atom. The van der Waals surface area contributed by atoms with Crippen LogP contribution in [-0.4, -0.2) is 52.5 Å². The molecule has 9 nitrogen and oxygen atoms in total. The van der Waals surface area contributed by atoms with Crippen LogP contribution >= 0.6 is 34.5 Å². The van der Waals surface area contributed by atoms with Crippen molar-refractivity contribution in [3.05, 3.63) is 64.7 Å². The van der Waals surface area contributed by atoms with Crippen LogP contribution in [0.5, 0.6) is 17.4 Å². The van der Waals surface area contributed by atoms with Gasteiger partial charge in [-0.1, -0.05) is 23.2 Å². The van der Waals surface area contributed by atoms with Gasteiger partial charge in [-0.2, -0.15) is 0 Å². The van der Waals surface area contributed by atoms with E-state index >= 15 is 4.39 Å². The van der Waals surface area contributed by atoms with E-state index in [2.05, 4.69) is 15.0 Å². The fraction of sp³-hybridized carbons (Fsp3) is 0.214. The molecule has 13 heteroatoms. The number of carbonyl (C=O) groups is 1. The van der Waals surface area contributed by atoms with Crippen LogP contribution in [0, 0.1) is 5.82 Å². The number of carboxylic acid groups (broad SMARTS) is 1. The summed E-state index contributed by atoms with van der Waals surface area (Å²) >= 11 is 14.1. The molecule has 0 aliphatic rings. The highest BCUT2D eigenvalue weighted by Crippen LogP contribution is 2.42. The molecule has 0 saturated heterocycles. The Morgan fingerprint density at radius 2 is 1.83 bits per heavy atom. The Labute approximate surface area is 248 Å². The summed E-state index contributed by atoms with van der Waals surface area (Å²) in [6, 6.07) is 9.21. The summed E-state index contributed by atoms with van der Waals surface area (Å²) in [5.74, 6) is -0.0165. The zero-order chi connectivity index (χ0) is 29.4. The van der Waals surface area contributed by atoms with Crippen LogP contribution in [0.25, 0.3) is 31.7 Å². The molecule has 0 unspecified atom stereocenters. The van der Waals surface area contributed by atoms with Crippen LogP contribution in [-0.2, 0) is 0 Å². The SMILES string of the molecule is COc1cnc2c(-c3nc4c(Cl)c(F)c(O[C@@H](C)[C@@H](C)N(C(=O)O)c5ccc(OC)nc5)cc4s3)cc(Cl)cc2c1. The van der Waals surface area contributed by atoms with Crippen LogP contribution < -0.4 is 19.1 Å². The van der Waals surface area contributed by atoms with Crippen LogP contribution in [0.4, 0.5) is 14.9 Å². The van der Waals surface area contributed by atoms with Gasteiger partial charge >= 0.3 is 6.09 Å². The fourth-order valence-corrected chi connectivity index (χ4v) is 5.86. The molecule has 212 valence electrons. The first-order valence-corrected chi connectivity index (χ1v) is 13.8. The van der Waals surface area contributed by atoms with Crippen molar-refractivity contribution in [3.63, 3.8) is 0 Å². The van der Waals surface area contributed by atoms with Gasteiger partial charge < -0.3 is 19.3 Å². The first-order chi connectivity index (χ1) is 19.6.